The fourth-order valence-electron chi connectivity index (χ4n) is 1.59. The number of rotatable bonds is 6. The molecule has 0 aliphatic rings. The van der Waals surface area contributed by atoms with Crippen molar-refractivity contribution in [2.24, 2.45) is 0 Å². The zero-order valence-electron chi connectivity index (χ0n) is 11.2. The van der Waals surface area contributed by atoms with Crippen LogP contribution in [0.15, 0.2) is 40.0 Å². The number of aliphatic carboxylic acids is 1. The van der Waals surface area contributed by atoms with Crippen molar-refractivity contribution in [1.82, 2.24) is 0 Å². The van der Waals surface area contributed by atoms with Crippen LogP contribution in [0.2, 0.25) is 0 Å². The fraction of sp³-hybridized carbons (Fsp3) is 0.400. The lowest BCUT2D eigenvalue weighted by Gasteiger charge is -1.99. The standard InChI is InChI=1S/C15H20O3/c1-11(5-4-6-13(3)15(16)17)7-8-14-12(2)9-10-18-14/h6-7,9-10H,4-5,8H2,1-3H3,(H,16,17)/b11-7+,13-6?. The zero-order valence-corrected chi connectivity index (χ0v) is 11.2. The van der Waals surface area contributed by atoms with E-state index in [0.717, 1.165) is 25.0 Å². The average Bonchev–Trinajstić information content (AvgIpc) is 2.72. The van der Waals surface area contributed by atoms with Gasteiger partial charge in [0, 0.05) is 12.0 Å². The SMILES string of the molecule is CC(=CCC/C(C)=C/Cc1occc1C)C(=O)O. The molecule has 1 N–H and O–H groups in total. The van der Waals surface area contributed by atoms with Gasteiger partial charge < -0.3 is 9.52 Å². The molecular weight excluding hydrogens is 228 g/mol. The number of hydrogen-bond donors (Lipinski definition) is 1. The lowest BCUT2D eigenvalue weighted by molar-refractivity contribution is -0.132. The number of allylic oxidation sites excluding steroid dienone is 3. The molecule has 98 valence electrons. The van der Waals surface area contributed by atoms with Crippen molar-refractivity contribution in [3.05, 3.63) is 47.0 Å². The lowest BCUT2D eigenvalue weighted by atomic mass is 10.1. The van der Waals surface area contributed by atoms with E-state index in [0.29, 0.717) is 5.57 Å². The number of furan rings is 1. The molecule has 0 aliphatic heterocycles. The topological polar surface area (TPSA) is 50.4 Å². The number of carbonyl (C=O) groups is 1. The van der Waals surface area contributed by atoms with Gasteiger partial charge in [0.05, 0.1) is 6.26 Å². The molecule has 3 heteroatoms. The van der Waals surface area contributed by atoms with E-state index < -0.39 is 5.97 Å². The summed E-state index contributed by atoms with van der Waals surface area (Å²) in [6.45, 7) is 5.71. The Labute approximate surface area is 108 Å². The summed E-state index contributed by atoms with van der Waals surface area (Å²) >= 11 is 0. The molecule has 0 bridgehead atoms. The highest BCUT2D eigenvalue weighted by atomic mass is 16.4. The minimum atomic E-state index is -0.845. The largest absolute Gasteiger partial charge is 0.478 e. The summed E-state index contributed by atoms with van der Waals surface area (Å²) < 4.78 is 5.35. The van der Waals surface area contributed by atoms with E-state index >= 15 is 0 Å². The van der Waals surface area contributed by atoms with Gasteiger partial charge in [0.1, 0.15) is 5.76 Å². The van der Waals surface area contributed by atoms with E-state index in [-0.39, 0.29) is 0 Å². The number of aryl methyl sites for hydroxylation is 1. The molecular formula is C15H20O3. The zero-order chi connectivity index (χ0) is 13.5. The molecule has 0 fully saturated rings. The van der Waals surface area contributed by atoms with Crippen LogP contribution in [0.3, 0.4) is 0 Å². The molecule has 0 aliphatic carbocycles. The molecule has 0 spiro atoms. The van der Waals surface area contributed by atoms with Gasteiger partial charge in [-0.25, -0.2) is 4.79 Å². The Morgan fingerprint density at radius 1 is 1.39 bits per heavy atom. The maximum absolute atomic E-state index is 10.6. The first kappa shape index (κ1) is 14.3. The van der Waals surface area contributed by atoms with E-state index in [4.69, 9.17) is 9.52 Å². The third-order valence-corrected chi connectivity index (χ3v) is 2.93. The molecule has 3 nitrogen and oxygen atoms in total. The third kappa shape index (κ3) is 4.62. The number of carboxylic acid groups (broad SMARTS) is 1. The fourth-order valence-corrected chi connectivity index (χ4v) is 1.59. The van der Waals surface area contributed by atoms with Crippen molar-refractivity contribution in [2.45, 2.75) is 40.0 Å². The first-order chi connectivity index (χ1) is 8.50. The van der Waals surface area contributed by atoms with Gasteiger partial charge in [-0.2, -0.15) is 0 Å². The van der Waals surface area contributed by atoms with Gasteiger partial charge >= 0.3 is 5.97 Å². The summed E-state index contributed by atoms with van der Waals surface area (Å²) in [5, 5.41) is 8.71. The van der Waals surface area contributed by atoms with Crippen LogP contribution in [0.1, 0.15) is 38.0 Å². The van der Waals surface area contributed by atoms with Crippen molar-refractivity contribution in [2.75, 3.05) is 0 Å². The van der Waals surface area contributed by atoms with Crippen LogP contribution in [-0.2, 0) is 11.2 Å². The van der Waals surface area contributed by atoms with E-state index in [9.17, 15) is 4.79 Å². The van der Waals surface area contributed by atoms with Gasteiger partial charge in [0.2, 0.25) is 0 Å². The number of hydrogen-bond acceptors (Lipinski definition) is 2. The predicted molar refractivity (Wildman–Crippen MR) is 71.5 cm³/mol. The van der Waals surface area contributed by atoms with Crippen molar-refractivity contribution in [3.8, 4) is 0 Å². The van der Waals surface area contributed by atoms with E-state index in [1.54, 1.807) is 19.3 Å². The molecule has 1 rings (SSSR count). The third-order valence-electron chi connectivity index (χ3n) is 2.93. The molecule has 18 heavy (non-hydrogen) atoms. The average molecular weight is 248 g/mol. The second-order valence-corrected chi connectivity index (χ2v) is 4.51. The Morgan fingerprint density at radius 3 is 2.67 bits per heavy atom. The van der Waals surface area contributed by atoms with E-state index in [1.165, 1.54) is 11.1 Å². The van der Waals surface area contributed by atoms with Crippen molar-refractivity contribution < 1.29 is 14.3 Å². The van der Waals surface area contributed by atoms with Gasteiger partial charge in [-0.3, -0.25) is 0 Å². The maximum Gasteiger partial charge on any atom is 0.330 e. The Bertz CT molecular complexity index is 464. The molecule has 0 atom stereocenters. The van der Waals surface area contributed by atoms with Gasteiger partial charge in [0.15, 0.2) is 0 Å². The first-order valence-corrected chi connectivity index (χ1v) is 6.09. The highest BCUT2D eigenvalue weighted by Gasteiger charge is 2.00. The quantitative estimate of drug-likeness (QED) is 0.613. The van der Waals surface area contributed by atoms with Crippen molar-refractivity contribution >= 4 is 5.97 Å². The van der Waals surface area contributed by atoms with Gasteiger partial charge in [0.25, 0.3) is 0 Å². The van der Waals surface area contributed by atoms with Gasteiger partial charge in [-0.05, 0) is 45.2 Å². The summed E-state index contributed by atoms with van der Waals surface area (Å²) in [5.74, 6) is 0.148. The summed E-state index contributed by atoms with van der Waals surface area (Å²) in [4.78, 5) is 10.6. The first-order valence-electron chi connectivity index (χ1n) is 6.09. The van der Waals surface area contributed by atoms with Crippen LogP contribution in [-0.4, -0.2) is 11.1 Å². The molecule has 0 amide bonds. The Morgan fingerprint density at radius 2 is 2.11 bits per heavy atom. The van der Waals surface area contributed by atoms with Crippen LogP contribution in [0, 0.1) is 6.92 Å². The van der Waals surface area contributed by atoms with Crippen LogP contribution in [0.25, 0.3) is 0 Å². The van der Waals surface area contributed by atoms with Crippen molar-refractivity contribution in [3.63, 3.8) is 0 Å². The predicted octanol–water partition coefficient (Wildman–Crippen LogP) is 3.89. The van der Waals surface area contributed by atoms with E-state index in [2.05, 4.69) is 13.0 Å². The molecule has 1 aromatic heterocycles. The normalized spacial score (nSPS) is 12.8. The summed E-state index contributed by atoms with van der Waals surface area (Å²) in [6, 6.07) is 1.96. The molecule has 1 aromatic rings. The minimum absolute atomic E-state index is 0.407. The van der Waals surface area contributed by atoms with Crippen molar-refractivity contribution in [1.29, 1.82) is 0 Å². The van der Waals surface area contributed by atoms with Crippen LogP contribution in [0.5, 0.6) is 0 Å². The van der Waals surface area contributed by atoms with Crippen LogP contribution < -0.4 is 0 Å². The van der Waals surface area contributed by atoms with Crippen LogP contribution in [0.4, 0.5) is 0 Å². The molecule has 1 heterocycles. The van der Waals surface area contributed by atoms with Crippen LogP contribution >= 0.6 is 0 Å². The second kappa shape index (κ2) is 6.84. The Balaban J connectivity index is 2.42. The van der Waals surface area contributed by atoms with E-state index in [1.807, 2.05) is 13.0 Å². The smallest absolute Gasteiger partial charge is 0.330 e. The molecule has 0 unspecified atom stereocenters. The molecule has 0 aromatic carbocycles. The summed E-state index contributed by atoms with van der Waals surface area (Å²) in [5.41, 5.74) is 2.82. The summed E-state index contributed by atoms with van der Waals surface area (Å²) in [6.07, 6.45) is 8.04. The highest BCUT2D eigenvalue weighted by molar-refractivity contribution is 5.85. The van der Waals surface area contributed by atoms with Gasteiger partial charge in [-0.1, -0.05) is 17.7 Å². The lowest BCUT2D eigenvalue weighted by Crippen LogP contribution is -1.95. The highest BCUT2D eigenvalue weighted by Crippen LogP contribution is 2.13. The summed E-state index contributed by atoms with van der Waals surface area (Å²) in [7, 11) is 0. The Hall–Kier alpha value is -1.77. The molecule has 0 radical (unpaired) electrons. The minimum Gasteiger partial charge on any atom is -0.478 e. The second-order valence-electron chi connectivity index (χ2n) is 4.51. The Kier molecular flexibility index (Phi) is 5.43. The maximum atomic E-state index is 10.6. The monoisotopic (exact) mass is 248 g/mol. The number of carboxylic acids is 1. The van der Waals surface area contributed by atoms with Gasteiger partial charge in [-0.15, -0.1) is 0 Å². The molecule has 0 saturated heterocycles. The molecule has 0 saturated carbocycles.